The molecule has 52 valence electrons. The van der Waals surface area contributed by atoms with E-state index in [4.69, 9.17) is 5.26 Å². The van der Waals surface area contributed by atoms with Crippen LogP contribution in [0, 0.1) is 11.3 Å². The highest BCUT2D eigenvalue weighted by Gasteiger charge is 1.98. The summed E-state index contributed by atoms with van der Waals surface area (Å²) in [6.45, 7) is 5.06. The van der Waals surface area contributed by atoms with E-state index in [0.717, 1.165) is 19.4 Å². The molecule has 0 saturated carbocycles. The van der Waals surface area contributed by atoms with Gasteiger partial charge in [0, 0.05) is 0 Å². The summed E-state index contributed by atoms with van der Waals surface area (Å²) in [7, 11) is 0. The van der Waals surface area contributed by atoms with Crippen LogP contribution in [0.5, 0.6) is 0 Å². The summed E-state index contributed by atoms with van der Waals surface area (Å²) in [5, 5.41) is 11.5. The molecule has 0 saturated heterocycles. The molecule has 2 nitrogen and oxygen atoms in total. The summed E-state index contributed by atoms with van der Waals surface area (Å²) in [5.41, 5.74) is 0. The molecule has 0 spiro atoms. The van der Waals surface area contributed by atoms with Gasteiger partial charge in [-0.3, -0.25) is 0 Å². The van der Waals surface area contributed by atoms with Gasteiger partial charge in [0.25, 0.3) is 0 Å². The van der Waals surface area contributed by atoms with Crippen LogP contribution in [0.4, 0.5) is 0 Å². The van der Waals surface area contributed by atoms with Gasteiger partial charge in [-0.25, -0.2) is 0 Å². The first-order valence-corrected chi connectivity index (χ1v) is 3.48. The fourth-order valence-corrected chi connectivity index (χ4v) is 0.600. The first kappa shape index (κ1) is 8.45. The molecule has 0 rings (SSSR count). The molecule has 0 amide bonds. The van der Waals surface area contributed by atoms with E-state index >= 15 is 0 Å². The topological polar surface area (TPSA) is 35.8 Å². The maximum Gasteiger partial charge on any atom is 0.0950 e. The zero-order valence-electron chi connectivity index (χ0n) is 6.15. The highest BCUT2D eigenvalue weighted by Crippen LogP contribution is 1.86. The molecule has 1 atom stereocenters. The van der Waals surface area contributed by atoms with E-state index in [1.54, 1.807) is 0 Å². The van der Waals surface area contributed by atoms with E-state index in [9.17, 15) is 0 Å². The van der Waals surface area contributed by atoms with Crippen LogP contribution >= 0.6 is 0 Å². The summed E-state index contributed by atoms with van der Waals surface area (Å²) < 4.78 is 0. The second-order valence-corrected chi connectivity index (χ2v) is 2.04. The largest absolute Gasteiger partial charge is 0.302 e. The molecule has 9 heavy (non-hydrogen) atoms. The van der Waals surface area contributed by atoms with Gasteiger partial charge in [0.1, 0.15) is 0 Å². The molecule has 0 heterocycles. The minimum atomic E-state index is 0.0601. The fraction of sp³-hybridized carbons (Fsp3) is 0.857. The number of hydrogen-bond donors (Lipinski definition) is 1. The second kappa shape index (κ2) is 5.58. The quantitative estimate of drug-likeness (QED) is 0.616. The summed E-state index contributed by atoms with van der Waals surface area (Å²) in [6.07, 6.45) is 1.99. The lowest BCUT2D eigenvalue weighted by Gasteiger charge is -2.05. The van der Waals surface area contributed by atoms with E-state index in [1.807, 2.05) is 6.92 Å². The fourth-order valence-electron chi connectivity index (χ4n) is 0.600. The van der Waals surface area contributed by atoms with Gasteiger partial charge in [-0.15, -0.1) is 0 Å². The lowest BCUT2D eigenvalue weighted by Crippen LogP contribution is -2.27. The third-order valence-corrected chi connectivity index (χ3v) is 1.20. The van der Waals surface area contributed by atoms with E-state index in [1.165, 1.54) is 0 Å². The number of hydrogen-bond acceptors (Lipinski definition) is 2. The molecule has 1 N–H and O–H groups in total. The molecule has 2 heteroatoms. The van der Waals surface area contributed by atoms with Crippen molar-refractivity contribution in [2.24, 2.45) is 0 Å². The second-order valence-electron chi connectivity index (χ2n) is 2.04. The SMILES string of the molecule is CCCN[C@@H](C#N)CC. The molecule has 0 aromatic carbocycles. The lowest BCUT2D eigenvalue weighted by molar-refractivity contribution is 0.582. The Bertz CT molecular complexity index is 93.6. The minimum Gasteiger partial charge on any atom is -0.302 e. The molecule has 0 unspecified atom stereocenters. The Balaban J connectivity index is 3.23. The van der Waals surface area contributed by atoms with Crippen molar-refractivity contribution >= 4 is 0 Å². The summed E-state index contributed by atoms with van der Waals surface area (Å²) in [5.74, 6) is 0. The number of nitrogens with one attached hydrogen (secondary N) is 1. The third kappa shape index (κ3) is 3.99. The Morgan fingerprint density at radius 3 is 2.56 bits per heavy atom. The molecule has 0 aromatic heterocycles. The van der Waals surface area contributed by atoms with Crippen molar-refractivity contribution in [3.63, 3.8) is 0 Å². The van der Waals surface area contributed by atoms with Crippen LogP contribution in [0.15, 0.2) is 0 Å². The Labute approximate surface area is 56.9 Å². The molecule has 0 aliphatic heterocycles. The molecule has 0 aliphatic carbocycles. The van der Waals surface area contributed by atoms with Crippen molar-refractivity contribution < 1.29 is 0 Å². The summed E-state index contributed by atoms with van der Waals surface area (Å²) >= 11 is 0. The highest BCUT2D eigenvalue weighted by molar-refractivity contribution is 4.87. The van der Waals surface area contributed by atoms with Crippen molar-refractivity contribution in [3.8, 4) is 6.07 Å². The zero-order chi connectivity index (χ0) is 7.11. The smallest absolute Gasteiger partial charge is 0.0950 e. The van der Waals surface area contributed by atoms with Gasteiger partial charge in [0.15, 0.2) is 0 Å². The van der Waals surface area contributed by atoms with Crippen molar-refractivity contribution in [3.05, 3.63) is 0 Å². The van der Waals surface area contributed by atoms with Crippen LogP contribution in [0.25, 0.3) is 0 Å². The monoisotopic (exact) mass is 126 g/mol. The minimum absolute atomic E-state index is 0.0601. The predicted molar refractivity (Wildman–Crippen MR) is 38.0 cm³/mol. The predicted octanol–water partition coefficient (Wildman–Crippen LogP) is 1.29. The van der Waals surface area contributed by atoms with E-state index in [0.29, 0.717) is 0 Å². The van der Waals surface area contributed by atoms with Gasteiger partial charge in [-0.2, -0.15) is 5.26 Å². The van der Waals surface area contributed by atoms with Gasteiger partial charge < -0.3 is 5.32 Å². The Morgan fingerprint density at radius 2 is 2.22 bits per heavy atom. The maximum atomic E-state index is 8.44. The lowest BCUT2D eigenvalue weighted by atomic mass is 10.2. The Kier molecular flexibility index (Phi) is 5.24. The standard InChI is InChI=1S/C7H14N2/c1-3-5-9-7(4-2)6-8/h7,9H,3-5H2,1-2H3/t7-/m1/s1. The van der Waals surface area contributed by atoms with Crippen LogP contribution in [-0.2, 0) is 0 Å². The first-order chi connectivity index (χ1) is 4.35. The maximum absolute atomic E-state index is 8.44. The highest BCUT2D eigenvalue weighted by atomic mass is 14.9. The van der Waals surface area contributed by atoms with Gasteiger partial charge in [0.2, 0.25) is 0 Å². The number of nitriles is 1. The zero-order valence-corrected chi connectivity index (χ0v) is 6.15. The first-order valence-electron chi connectivity index (χ1n) is 3.48. The van der Waals surface area contributed by atoms with Crippen molar-refractivity contribution in [1.82, 2.24) is 5.32 Å². The number of nitrogens with zero attached hydrogens (tertiary/aromatic N) is 1. The number of rotatable bonds is 4. The van der Waals surface area contributed by atoms with E-state index in [-0.39, 0.29) is 6.04 Å². The summed E-state index contributed by atoms with van der Waals surface area (Å²) in [4.78, 5) is 0. The van der Waals surface area contributed by atoms with E-state index < -0.39 is 0 Å². The van der Waals surface area contributed by atoms with Gasteiger partial charge in [0.05, 0.1) is 12.1 Å². The molecule has 0 aromatic rings. The van der Waals surface area contributed by atoms with Crippen LogP contribution in [0.2, 0.25) is 0 Å². The van der Waals surface area contributed by atoms with Crippen LogP contribution in [0.1, 0.15) is 26.7 Å². The van der Waals surface area contributed by atoms with Gasteiger partial charge in [-0.05, 0) is 19.4 Å². The molecular formula is C7H14N2. The molecular weight excluding hydrogens is 112 g/mol. The van der Waals surface area contributed by atoms with Crippen LogP contribution < -0.4 is 5.32 Å². The Hall–Kier alpha value is -0.550. The average molecular weight is 126 g/mol. The molecule has 0 aliphatic rings. The average Bonchev–Trinajstić information content (AvgIpc) is 1.91. The molecule has 0 bridgehead atoms. The van der Waals surface area contributed by atoms with Gasteiger partial charge >= 0.3 is 0 Å². The van der Waals surface area contributed by atoms with Crippen molar-refractivity contribution in [2.75, 3.05) is 6.54 Å². The normalized spacial score (nSPS) is 12.6. The van der Waals surface area contributed by atoms with Crippen molar-refractivity contribution in [2.45, 2.75) is 32.7 Å². The third-order valence-electron chi connectivity index (χ3n) is 1.20. The van der Waals surface area contributed by atoms with Crippen LogP contribution in [0.3, 0.4) is 0 Å². The van der Waals surface area contributed by atoms with E-state index in [2.05, 4.69) is 18.3 Å². The summed E-state index contributed by atoms with van der Waals surface area (Å²) in [6, 6.07) is 2.24. The van der Waals surface area contributed by atoms with Crippen LogP contribution in [-0.4, -0.2) is 12.6 Å². The molecule has 0 radical (unpaired) electrons. The van der Waals surface area contributed by atoms with Crippen molar-refractivity contribution in [1.29, 1.82) is 5.26 Å². The Morgan fingerprint density at radius 1 is 1.56 bits per heavy atom. The van der Waals surface area contributed by atoms with Gasteiger partial charge in [-0.1, -0.05) is 13.8 Å². The molecule has 0 fully saturated rings.